The van der Waals surface area contributed by atoms with Crippen LogP contribution in [0.25, 0.3) is 10.9 Å². The van der Waals surface area contributed by atoms with Crippen molar-refractivity contribution in [2.75, 3.05) is 25.1 Å². The summed E-state index contributed by atoms with van der Waals surface area (Å²) in [5.74, 6) is -1.31. The minimum absolute atomic E-state index is 0.0407. The van der Waals surface area contributed by atoms with Gasteiger partial charge in [0.15, 0.2) is 11.6 Å². The number of aromatic carboxylic acids is 1. The number of rotatable bonds is 4. The number of pyridine rings is 1. The van der Waals surface area contributed by atoms with Gasteiger partial charge < -0.3 is 25.0 Å². The number of anilines is 1. The number of carboxylic acid groups (broad SMARTS) is 1. The van der Waals surface area contributed by atoms with Crippen LogP contribution in [0.5, 0.6) is 5.75 Å². The molecule has 2 saturated carbocycles. The van der Waals surface area contributed by atoms with E-state index < -0.39 is 17.2 Å². The standard InChI is InChI=1S/C22H26FN3O4/c1-30-20-17-14(19(27)15(21(28)29)10-26(17)13-5-6-13)8-16(23)18(20)25-9-12-4-2-3-7-22(12,24)11-25/h8,10,12-13H,2-7,9,11,24H2,1H3,(H,28,29). The first-order valence-corrected chi connectivity index (χ1v) is 10.6. The normalized spacial score (nSPS) is 26.1. The lowest BCUT2D eigenvalue weighted by Crippen LogP contribution is -2.49. The summed E-state index contributed by atoms with van der Waals surface area (Å²) in [6, 6.07) is 1.26. The first-order valence-electron chi connectivity index (χ1n) is 10.6. The number of benzene rings is 1. The van der Waals surface area contributed by atoms with Crippen molar-refractivity contribution in [2.24, 2.45) is 11.7 Å². The number of nitrogens with zero attached hydrogens (tertiary/aromatic N) is 2. The molecule has 2 unspecified atom stereocenters. The van der Waals surface area contributed by atoms with Gasteiger partial charge in [0, 0.05) is 30.9 Å². The highest BCUT2D eigenvalue weighted by Gasteiger charge is 2.46. The molecule has 0 spiro atoms. The molecular formula is C22H26FN3O4. The van der Waals surface area contributed by atoms with Crippen LogP contribution >= 0.6 is 0 Å². The fourth-order valence-electron chi connectivity index (χ4n) is 5.40. The van der Waals surface area contributed by atoms with Gasteiger partial charge in [0.2, 0.25) is 5.43 Å². The van der Waals surface area contributed by atoms with Crippen LogP contribution in [0.15, 0.2) is 17.1 Å². The summed E-state index contributed by atoms with van der Waals surface area (Å²) in [5.41, 5.74) is 6.09. The van der Waals surface area contributed by atoms with Gasteiger partial charge in [0.25, 0.3) is 0 Å². The number of methoxy groups -OCH3 is 1. The van der Waals surface area contributed by atoms with Crippen molar-refractivity contribution in [1.29, 1.82) is 0 Å². The van der Waals surface area contributed by atoms with Crippen molar-refractivity contribution in [3.05, 3.63) is 33.9 Å². The third-order valence-corrected chi connectivity index (χ3v) is 7.07. The second-order valence-electron chi connectivity index (χ2n) is 9.01. The average Bonchev–Trinajstić information content (AvgIpc) is 3.48. The molecule has 5 rings (SSSR count). The van der Waals surface area contributed by atoms with Gasteiger partial charge in [0.05, 0.1) is 18.0 Å². The largest absolute Gasteiger partial charge is 0.492 e. The van der Waals surface area contributed by atoms with Crippen molar-refractivity contribution in [2.45, 2.75) is 50.1 Å². The van der Waals surface area contributed by atoms with Crippen molar-refractivity contribution in [1.82, 2.24) is 4.57 Å². The Morgan fingerprint density at radius 2 is 2.10 bits per heavy atom. The van der Waals surface area contributed by atoms with E-state index in [0.717, 1.165) is 38.5 Å². The Kier molecular flexibility index (Phi) is 4.32. The van der Waals surface area contributed by atoms with Gasteiger partial charge in [-0.05, 0) is 37.7 Å². The lowest BCUT2D eigenvalue weighted by Gasteiger charge is -2.34. The first-order chi connectivity index (χ1) is 14.3. The average molecular weight is 415 g/mol. The molecule has 0 amide bonds. The summed E-state index contributed by atoms with van der Waals surface area (Å²) in [7, 11) is 1.46. The molecule has 2 heterocycles. The number of aromatic nitrogens is 1. The van der Waals surface area contributed by atoms with Gasteiger partial charge >= 0.3 is 5.97 Å². The van der Waals surface area contributed by atoms with Crippen LogP contribution in [0.3, 0.4) is 0 Å². The van der Waals surface area contributed by atoms with Crippen LogP contribution in [0.1, 0.15) is 54.9 Å². The van der Waals surface area contributed by atoms with Crippen molar-refractivity contribution in [3.63, 3.8) is 0 Å². The Balaban J connectivity index is 1.74. The molecule has 1 aromatic heterocycles. The molecule has 8 heteroatoms. The van der Waals surface area contributed by atoms with Crippen LogP contribution in [-0.2, 0) is 0 Å². The molecule has 3 N–H and O–H groups in total. The molecule has 2 atom stereocenters. The lowest BCUT2D eigenvalue weighted by atomic mass is 9.76. The van der Waals surface area contributed by atoms with E-state index in [9.17, 15) is 14.7 Å². The Morgan fingerprint density at radius 3 is 2.73 bits per heavy atom. The third kappa shape index (κ3) is 2.80. The van der Waals surface area contributed by atoms with Gasteiger partial charge in [-0.25, -0.2) is 9.18 Å². The minimum atomic E-state index is -1.31. The van der Waals surface area contributed by atoms with Gasteiger partial charge in [0.1, 0.15) is 11.3 Å². The maximum atomic E-state index is 15.4. The monoisotopic (exact) mass is 415 g/mol. The molecule has 1 aromatic carbocycles. The highest BCUT2D eigenvalue weighted by atomic mass is 19.1. The predicted octanol–water partition coefficient (Wildman–Crippen LogP) is 2.89. The number of hydrogen-bond acceptors (Lipinski definition) is 5. The second-order valence-corrected chi connectivity index (χ2v) is 9.01. The summed E-state index contributed by atoms with van der Waals surface area (Å²) in [5, 5.41) is 9.50. The number of ether oxygens (including phenoxy) is 1. The van der Waals surface area contributed by atoms with E-state index in [-0.39, 0.29) is 28.3 Å². The number of carboxylic acids is 1. The van der Waals surface area contributed by atoms with Crippen LogP contribution in [-0.4, -0.2) is 41.4 Å². The molecule has 1 aliphatic heterocycles. The fourth-order valence-corrected chi connectivity index (χ4v) is 5.40. The van der Waals surface area contributed by atoms with Gasteiger partial charge in [-0.15, -0.1) is 0 Å². The number of nitrogens with two attached hydrogens (primary N) is 1. The van der Waals surface area contributed by atoms with E-state index in [1.165, 1.54) is 19.4 Å². The summed E-state index contributed by atoms with van der Waals surface area (Å²) in [4.78, 5) is 26.4. The molecule has 0 radical (unpaired) electrons. The van der Waals surface area contributed by atoms with E-state index in [2.05, 4.69) is 0 Å². The molecular weight excluding hydrogens is 389 g/mol. The topological polar surface area (TPSA) is 97.8 Å². The molecule has 3 aliphatic rings. The van der Waals surface area contributed by atoms with Crippen LogP contribution in [0.2, 0.25) is 0 Å². The zero-order valence-corrected chi connectivity index (χ0v) is 17.0. The van der Waals surface area contributed by atoms with E-state index in [4.69, 9.17) is 10.5 Å². The molecule has 2 aliphatic carbocycles. The van der Waals surface area contributed by atoms with Crippen LogP contribution < -0.4 is 20.8 Å². The van der Waals surface area contributed by atoms with Crippen LogP contribution in [0.4, 0.5) is 10.1 Å². The lowest BCUT2D eigenvalue weighted by molar-refractivity contribution is 0.0695. The van der Waals surface area contributed by atoms with E-state index in [1.807, 2.05) is 4.90 Å². The fraction of sp³-hybridized carbons (Fsp3) is 0.545. The number of hydrogen-bond donors (Lipinski definition) is 2. The zero-order chi connectivity index (χ0) is 21.2. The summed E-state index contributed by atoms with van der Waals surface area (Å²) < 4.78 is 22.9. The number of carbonyl (C=O) groups is 1. The molecule has 1 saturated heterocycles. The maximum absolute atomic E-state index is 15.4. The molecule has 160 valence electrons. The van der Waals surface area contributed by atoms with Crippen molar-refractivity contribution in [3.8, 4) is 5.75 Å². The second kappa shape index (κ2) is 6.70. The highest BCUT2D eigenvalue weighted by Crippen LogP contribution is 2.47. The SMILES string of the molecule is COc1c(N2CC3CCCCC3(N)C2)c(F)cc2c(=O)c(C(=O)O)cn(C3CC3)c12. The van der Waals surface area contributed by atoms with Crippen molar-refractivity contribution >= 4 is 22.6 Å². The van der Waals surface area contributed by atoms with Crippen molar-refractivity contribution < 1.29 is 19.0 Å². The molecule has 30 heavy (non-hydrogen) atoms. The van der Waals surface area contributed by atoms with Crippen LogP contribution in [0, 0.1) is 11.7 Å². The Bertz CT molecular complexity index is 1110. The van der Waals surface area contributed by atoms with E-state index in [1.54, 1.807) is 4.57 Å². The summed E-state index contributed by atoms with van der Waals surface area (Å²) in [6.07, 6.45) is 7.29. The molecule has 2 aromatic rings. The number of fused-ring (bicyclic) bond motifs is 2. The van der Waals surface area contributed by atoms with Gasteiger partial charge in [-0.3, -0.25) is 4.79 Å². The first kappa shape index (κ1) is 19.4. The van der Waals surface area contributed by atoms with E-state index >= 15 is 4.39 Å². The van der Waals surface area contributed by atoms with Gasteiger partial charge in [-0.1, -0.05) is 12.8 Å². The molecule has 3 fully saturated rings. The highest BCUT2D eigenvalue weighted by molar-refractivity contribution is 5.97. The Hall–Kier alpha value is -2.61. The summed E-state index contributed by atoms with van der Waals surface area (Å²) >= 11 is 0. The minimum Gasteiger partial charge on any atom is -0.492 e. The Morgan fingerprint density at radius 1 is 1.33 bits per heavy atom. The predicted molar refractivity (Wildman–Crippen MR) is 111 cm³/mol. The summed E-state index contributed by atoms with van der Waals surface area (Å²) in [6.45, 7) is 1.19. The molecule has 7 nitrogen and oxygen atoms in total. The smallest absolute Gasteiger partial charge is 0.341 e. The van der Waals surface area contributed by atoms with Gasteiger partial charge in [-0.2, -0.15) is 0 Å². The maximum Gasteiger partial charge on any atom is 0.341 e. The molecule has 0 bridgehead atoms. The zero-order valence-electron chi connectivity index (χ0n) is 17.0. The number of halogens is 1. The Labute approximate surface area is 173 Å². The van der Waals surface area contributed by atoms with E-state index in [0.29, 0.717) is 30.2 Å². The quantitative estimate of drug-likeness (QED) is 0.797. The third-order valence-electron chi connectivity index (χ3n) is 7.07.